The second-order valence-corrected chi connectivity index (χ2v) is 4.27. The van der Waals surface area contributed by atoms with Crippen LogP contribution in [0.5, 0.6) is 0 Å². The highest BCUT2D eigenvalue weighted by Crippen LogP contribution is 2.21. The average molecular weight is 262 g/mol. The first-order chi connectivity index (χ1) is 8.47. The summed E-state index contributed by atoms with van der Waals surface area (Å²) in [7, 11) is 0. The average Bonchev–Trinajstić information content (AvgIpc) is 2.76. The summed E-state index contributed by atoms with van der Waals surface area (Å²) in [5, 5.41) is 3.76. The third kappa shape index (κ3) is 3.10. The zero-order valence-corrected chi connectivity index (χ0v) is 9.61. The summed E-state index contributed by atoms with van der Waals surface area (Å²) < 4.78 is 43.4. The molecule has 0 bridgehead atoms. The smallest absolute Gasteiger partial charge is 0.376 e. The Labute approximate surface area is 102 Å². The molecule has 1 aromatic heterocycles. The standard InChI is InChI=1S/C11H13F3N2O2/c12-11(13,14)10(17)8-5-15-16(6-8)7-9-3-1-2-4-18-9/h5-6,9H,1-4,7H2/t9-/m0/s1. The number of nitrogens with zero attached hydrogens (tertiary/aromatic N) is 2. The molecule has 2 heterocycles. The first-order valence-corrected chi connectivity index (χ1v) is 5.72. The molecular formula is C11H13F3N2O2. The van der Waals surface area contributed by atoms with Gasteiger partial charge in [0.25, 0.3) is 5.78 Å². The molecule has 0 unspecified atom stereocenters. The number of aromatic nitrogens is 2. The SMILES string of the molecule is O=C(c1cnn(C[C@@H]2CCCCO2)c1)C(F)(F)F. The van der Waals surface area contributed by atoms with E-state index in [1.54, 1.807) is 0 Å². The molecule has 1 aromatic rings. The number of ketones is 1. The van der Waals surface area contributed by atoms with Crippen LogP contribution in [-0.4, -0.2) is 34.5 Å². The monoisotopic (exact) mass is 262 g/mol. The predicted octanol–water partition coefficient (Wildman–Crippen LogP) is 2.20. The minimum absolute atomic E-state index is 0.0347. The van der Waals surface area contributed by atoms with Crippen molar-refractivity contribution in [3.8, 4) is 0 Å². The van der Waals surface area contributed by atoms with Gasteiger partial charge >= 0.3 is 6.18 Å². The van der Waals surface area contributed by atoms with Crippen LogP contribution in [0.15, 0.2) is 12.4 Å². The van der Waals surface area contributed by atoms with Gasteiger partial charge in [-0.15, -0.1) is 0 Å². The molecule has 0 aliphatic carbocycles. The molecule has 1 aliphatic rings. The fraction of sp³-hybridized carbons (Fsp3) is 0.636. The number of hydrogen-bond acceptors (Lipinski definition) is 3. The van der Waals surface area contributed by atoms with Crippen LogP contribution >= 0.6 is 0 Å². The van der Waals surface area contributed by atoms with E-state index in [9.17, 15) is 18.0 Å². The van der Waals surface area contributed by atoms with E-state index in [0.717, 1.165) is 31.7 Å². The van der Waals surface area contributed by atoms with E-state index in [4.69, 9.17) is 4.74 Å². The van der Waals surface area contributed by atoms with E-state index in [-0.39, 0.29) is 6.10 Å². The van der Waals surface area contributed by atoms with Crippen LogP contribution < -0.4 is 0 Å². The van der Waals surface area contributed by atoms with Crippen molar-refractivity contribution in [2.75, 3.05) is 6.61 Å². The maximum absolute atomic E-state index is 12.2. The van der Waals surface area contributed by atoms with E-state index in [1.165, 1.54) is 4.68 Å². The van der Waals surface area contributed by atoms with Crippen molar-refractivity contribution in [1.82, 2.24) is 9.78 Å². The van der Waals surface area contributed by atoms with Crippen molar-refractivity contribution in [3.63, 3.8) is 0 Å². The van der Waals surface area contributed by atoms with Gasteiger partial charge in [0, 0.05) is 12.8 Å². The maximum Gasteiger partial charge on any atom is 0.454 e. The number of Topliss-reactive ketones (excluding diaryl/α,β-unsaturated/α-hetero) is 1. The molecule has 0 spiro atoms. The Morgan fingerprint density at radius 2 is 2.28 bits per heavy atom. The summed E-state index contributed by atoms with van der Waals surface area (Å²) in [6.45, 7) is 1.05. The Bertz CT molecular complexity index is 422. The van der Waals surface area contributed by atoms with Crippen molar-refractivity contribution in [2.24, 2.45) is 0 Å². The molecule has 2 rings (SSSR count). The summed E-state index contributed by atoms with van der Waals surface area (Å²) in [5.74, 6) is -1.86. The van der Waals surface area contributed by atoms with E-state index in [2.05, 4.69) is 5.10 Å². The first kappa shape index (κ1) is 13.1. The van der Waals surface area contributed by atoms with Crippen molar-refractivity contribution >= 4 is 5.78 Å². The van der Waals surface area contributed by atoms with Gasteiger partial charge in [0.15, 0.2) is 0 Å². The summed E-state index contributed by atoms with van der Waals surface area (Å²) in [6, 6.07) is 0. The molecule has 0 amide bonds. The van der Waals surface area contributed by atoms with Gasteiger partial charge in [-0.05, 0) is 19.3 Å². The minimum Gasteiger partial charge on any atom is -0.376 e. The number of alkyl halides is 3. The fourth-order valence-corrected chi connectivity index (χ4v) is 1.90. The van der Waals surface area contributed by atoms with Crippen molar-refractivity contribution in [1.29, 1.82) is 0 Å². The van der Waals surface area contributed by atoms with Crippen LogP contribution in [0.25, 0.3) is 0 Å². The molecule has 0 aromatic carbocycles. The predicted molar refractivity (Wildman–Crippen MR) is 56.2 cm³/mol. The fourth-order valence-electron chi connectivity index (χ4n) is 1.90. The number of halogens is 3. The number of rotatable bonds is 3. The van der Waals surface area contributed by atoms with Crippen molar-refractivity contribution < 1.29 is 22.7 Å². The van der Waals surface area contributed by atoms with Crippen molar-refractivity contribution in [2.45, 2.75) is 38.1 Å². The normalized spacial score (nSPS) is 20.9. The lowest BCUT2D eigenvalue weighted by molar-refractivity contribution is -0.0885. The van der Waals surface area contributed by atoms with Crippen LogP contribution in [0.2, 0.25) is 0 Å². The van der Waals surface area contributed by atoms with E-state index >= 15 is 0 Å². The van der Waals surface area contributed by atoms with Crippen LogP contribution in [0.4, 0.5) is 13.2 Å². The molecule has 1 fully saturated rings. The number of carbonyl (C=O) groups excluding carboxylic acids is 1. The molecule has 1 saturated heterocycles. The van der Waals surface area contributed by atoms with Gasteiger partial charge < -0.3 is 4.74 Å². The zero-order valence-electron chi connectivity index (χ0n) is 9.61. The highest BCUT2D eigenvalue weighted by molar-refractivity contribution is 5.99. The summed E-state index contributed by atoms with van der Waals surface area (Å²) in [4.78, 5) is 11.0. The van der Waals surface area contributed by atoms with Crippen LogP contribution in [0.3, 0.4) is 0 Å². The highest BCUT2D eigenvalue weighted by Gasteiger charge is 2.40. The zero-order chi connectivity index (χ0) is 13.2. The quantitative estimate of drug-likeness (QED) is 0.784. The maximum atomic E-state index is 12.2. The topological polar surface area (TPSA) is 44.1 Å². The Hall–Kier alpha value is -1.37. The second-order valence-electron chi connectivity index (χ2n) is 4.27. The second kappa shape index (κ2) is 5.09. The van der Waals surface area contributed by atoms with Crippen molar-refractivity contribution in [3.05, 3.63) is 18.0 Å². The van der Waals surface area contributed by atoms with Gasteiger partial charge in [-0.3, -0.25) is 9.48 Å². The van der Waals surface area contributed by atoms with Crippen LogP contribution in [-0.2, 0) is 11.3 Å². The Morgan fingerprint density at radius 3 is 2.89 bits per heavy atom. The molecular weight excluding hydrogens is 249 g/mol. The molecule has 1 atom stereocenters. The van der Waals surface area contributed by atoms with E-state index in [0.29, 0.717) is 13.2 Å². The largest absolute Gasteiger partial charge is 0.454 e. The summed E-state index contributed by atoms with van der Waals surface area (Å²) in [6.07, 6.45) is 0.0880. The first-order valence-electron chi connectivity index (χ1n) is 5.72. The van der Waals surface area contributed by atoms with Gasteiger partial charge in [-0.25, -0.2) is 0 Å². The highest BCUT2D eigenvalue weighted by atomic mass is 19.4. The minimum atomic E-state index is -4.85. The lowest BCUT2D eigenvalue weighted by Crippen LogP contribution is -2.25. The molecule has 0 saturated carbocycles. The summed E-state index contributed by atoms with van der Waals surface area (Å²) >= 11 is 0. The Balaban J connectivity index is 1.99. The molecule has 100 valence electrons. The third-order valence-corrected chi connectivity index (χ3v) is 2.82. The van der Waals surface area contributed by atoms with E-state index < -0.39 is 17.5 Å². The van der Waals surface area contributed by atoms with Gasteiger partial charge in [0.2, 0.25) is 0 Å². The molecule has 0 radical (unpaired) electrons. The van der Waals surface area contributed by atoms with Gasteiger partial charge in [-0.1, -0.05) is 0 Å². The van der Waals surface area contributed by atoms with Gasteiger partial charge in [-0.2, -0.15) is 18.3 Å². The van der Waals surface area contributed by atoms with Gasteiger partial charge in [0.05, 0.1) is 24.4 Å². The number of hydrogen-bond donors (Lipinski definition) is 0. The van der Waals surface area contributed by atoms with Crippen LogP contribution in [0, 0.1) is 0 Å². The lowest BCUT2D eigenvalue weighted by atomic mass is 10.1. The van der Waals surface area contributed by atoms with Crippen LogP contribution in [0.1, 0.15) is 29.6 Å². The molecule has 18 heavy (non-hydrogen) atoms. The summed E-state index contributed by atoms with van der Waals surface area (Å²) in [5.41, 5.74) is -0.432. The number of carbonyl (C=O) groups is 1. The van der Waals surface area contributed by atoms with E-state index in [1.807, 2.05) is 0 Å². The lowest BCUT2D eigenvalue weighted by Gasteiger charge is -2.22. The third-order valence-electron chi connectivity index (χ3n) is 2.82. The van der Waals surface area contributed by atoms with Gasteiger partial charge in [0.1, 0.15) is 0 Å². The number of ether oxygens (including phenoxy) is 1. The molecule has 7 heteroatoms. The molecule has 4 nitrogen and oxygen atoms in total. The Morgan fingerprint density at radius 1 is 1.50 bits per heavy atom. The molecule has 1 aliphatic heterocycles. The molecule has 0 N–H and O–H groups in total. The Kier molecular flexibility index (Phi) is 3.70.